The lowest BCUT2D eigenvalue weighted by atomic mass is 9.86. The van der Waals surface area contributed by atoms with E-state index in [1.54, 1.807) is 7.11 Å². The standard InChI is InChI=1S/C17H36N2O2/c1-6-17(7-2)14-18-16(12-15(3)4)13-19(17)8-9-21-11-10-20-5/h15-16,18H,6-14H2,1-5H3. The Morgan fingerprint density at radius 1 is 1.19 bits per heavy atom. The normalized spacial score (nSPS) is 22.9. The molecule has 1 saturated heterocycles. The van der Waals surface area contributed by atoms with Gasteiger partial charge in [-0.05, 0) is 25.2 Å². The highest BCUT2D eigenvalue weighted by Crippen LogP contribution is 2.28. The van der Waals surface area contributed by atoms with Crippen LogP contribution in [0.3, 0.4) is 0 Å². The van der Waals surface area contributed by atoms with Gasteiger partial charge < -0.3 is 14.8 Å². The van der Waals surface area contributed by atoms with Crippen molar-refractivity contribution < 1.29 is 9.47 Å². The van der Waals surface area contributed by atoms with Crippen molar-refractivity contribution in [2.24, 2.45) is 5.92 Å². The maximum atomic E-state index is 5.69. The largest absolute Gasteiger partial charge is 0.382 e. The minimum atomic E-state index is 0.304. The first-order valence-corrected chi connectivity index (χ1v) is 8.63. The van der Waals surface area contributed by atoms with Crippen LogP contribution < -0.4 is 5.32 Å². The highest BCUT2D eigenvalue weighted by atomic mass is 16.5. The Hall–Kier alpha value is -0.160. The fourth-order valence-electron chi connectivity index (χ4n) is 3.39. The molecule has 0 aromatic rings. The smallest absolute Gasteiger partial charge is 0.0700 e. The van der Waals surface area contributed by atoms with Crippen LogP contribution in [0.4, 0.5) is 0 Å². The summed E-state index contributed by atoms with van der Waals surface area (Å²) in [5.74, 6) is 0.748. The second kappa shape index (κ2) is 9.78. The Balaban J connectivity index is 2.52. The lowest BCUT2D eigenvalue weighted by molar-refractivity contribution is -0.00545. The van der Waals surface area contributed by atoms with Crippen molar-refractivity contribution in [3.8, 4) is 0 Å². The number of nitrogens with zero attached hydrogens (tertiary/aromatic N) is 1. The van der Waals surface area contributed by atoms with Crippen LogP contribution in [0.1, 0.15) is 47.0 Å². The van der Waals surface area contributed by atoms with Gasteiger partial charge in [0, 0.05) is 38.3 Å². The Bertz CT molecular complexity index is 268. The predicted octanol–water partition coefficient (Wildman–Crippen LogP) is 2.53. The van der Waals surface area contributed by atoms with E-state index in [4.69, 9.17) is 9.47 Å². The van der Waals surface area contributed by atoms with Crippen LogP contribution in [0.2, 0.25) is 0 Å². The van der Waals surface area contributed by atoms with Gasteiger partial charge in [-0.3, -0.25) is 4.90 Å². The summed E-state index contributed by atoms with van der Waals surface area (Å²) < 4.78 is 10.7. The van der Waals surface area contributed by atoms with E-state index in [9.17, 15) is 0 Å². The number of piperazine rings is 1. The molecule has 1 unspecified atom stereocenters. The van der Waals surface area contributed by atoms with Crippen molar-refractivity contribution in [2.45, 2.75) is 58.5 Å². The molecule has 1 aliphatic heterocycles. The number of rotatable bonds is 10. The van der Waals surface area contributed by atoms with Crippen LogP contribution in [-0.4, -0.2) is 63.0 Å². The van der Waals surface area contributed by atoms with Gasteiger partial charge in [-0.25, -0.2) is 0 Å². The molecule has 4 nitrogen and oxygen atoms in total. The van der Waals surface area contributed by atoms with Crippen molar-refractivity contribution in [1.82, 2.24) is 10.2 Å². The number of methoxy groups -OCH3 is 1. The monoisotopic (exact) mass is 300 g/mol. The van der Waals surface area contributed by atoms with Crippen LogP contribution in [-0.2, 0) is 9.47 Å². The van der Waals surface area contributed by atoms with E-state index in [0.29, 0.717) is 24.8 Å². The molecule has 0 aromatic carbocycles. The highest BCUT2D eigenvalue weighted by molar-refractivity contribution is 4.97. The summed E-state index contributed by atoms with van der Waals surface area (Å²) in [6, 6.07) is 0.621. The zero-order chi connectivity index (χ0) is 15.7. The molecule has 0 saturated carbocycles. The van der Waals surface area contributed by atoms with Crippen molar-refractivity contribution in [1.29, 1.82) is 0 Å². The third kappa shape index (κ3) is 5.85. The summed E-state index contributed by atoms with van der Waals surface area (Å²) in [7, 11) is 1.72. The molecule has 0 spiro atoms. The SMILES string of the molecule is CCC1(CC)CNC(CC(C)C)CN1CCOCCOC. The van der Waals surface area contributed by atoms with Gasteiger partial charge >= 0.3 is 0 Å². The van der Waals surface area contributed by atoms with E-state index in [2.05, 4.69) is 37.9 Å². The summed E-state index contributed by atoms with van der Waals surface area (Å²) in [5, 5.41) is 3.78. The molecule has 0 bridgehead atoms. The average Bonchev–Trinajstić information content (AvgIpc) is 2.47. The van der Waals surface area contributed by atoms with Gasteiger partial charge in [-0.2, -0.15) is 0 Å². The predicted molar refractivity (Wildman–Crippen MR) is 88.8 cm³/mol. The molecule has 126 valence electrons. The quantitative estimate of drug-likeness (QED) is 0.629. The highest BCUT2D eigenvalue weighted by Gasteiger charge is 2.38. The van der Waals surface area contributed by atoms with Gasteiger partial charge in [-0.15, -0.1) is 0 Å². The molecule has 0 radical (unpaired) electrons. The van der Waals surface area contributed by atoms with Crippen LogP contribution in [0, 0.1) is 5.92 Å². The second-order valence-electron chi connectivity index (χ2n) is 6.69. The zero-order valence-corrected chi connectivity index (χ0v) is 14.8. The van der Waals surface area contributed by atoms with Crippen molar-refractivity contribution >= 4 is 0 Å². The summed E-state index contributed by atoms with van der Waals surface area (Å²) in [4.78, 5) is 2.67. The Morgan fingerprint density at radius 3 is 2.48 bits per heavy atom. The van der Waals surface area contributed by atoms with Crippen LogP contribution in [0.25, 0.3) is 0 Å². The fourth-order valence-corrected chi connectivity index (χ4v) is 3.39. The van der Waals surface area contributed by atoms with E-state index < -0.39 is 0 Å². The van der Waals surface area contributed by atoms with Crippen LogP contribution >= 0.6 is 0 Å². The molecule has 1 rings (SSSR count). The Kier molecular flexibility index (Phi) is 8.79. The number of ether oxygens (including phenoxy) is 2. The maximum Gasteiger partial charge on any atom is 0.0700 e. The molecule has 1 heterocycles. The van der Waals surface area contributed by atoms with Gasteiger partial charge in [0.05, 0.1) is 19.8 Å². The maximum absolute atomic E-state index is 5.69. The van der Waals surface area contributed by atoms with Crippen molar-refractivity contribution in [3.63, 3.8) is 0 Å². The molecule has 0 aliphatic carbocycles. The minimum absolute atomic E-state index is 0.304. The molecule has 0 amide bonds. The van der Waals surface area contributed by atoms with Gasteiger partial charge in [0.1, 0.15) is 0 Å². The third-order valence-electron chi connectivity index (χ3n) is 4.84. The summed E-state index contributed by atoms with van der Waals surface area (Å²) in [6.07, 6.45) is 3.65. The van der Waals surface area contributed by atoms with E-state index in [0.717, 1.165) is 32.2 Å². The molecular weight excluding hydrogens is 264 g/mol. The lowest BCUT2D eigenvalue weighted by Gasteiger charge is -2.50. The van der Waals surface area contributed by atoms with E-state index in [1.807, 2.05) is 0 Å². The van der Waals surface area contributed by atoms with Crippen LogP contribution in [0.15, 0.2) is 0 Å². The summed E-state index contributed by atoms with van der Waals surface area (Å²) >= 11 is 0. The molecule has 1 N–H and O–H groups in total. The zero-order valence-electron chi connectivity index (χ0n) is 14.8. The number of hydrogen-bond donors (Lipinski definition) is 1. The van der Waals surface area contributed by atoms with Gasteiger partial charge in [0.25, 0.3) is 0 Å². The molecule has 1 aliphatic rings. The first-order valence-electron chi connectivity index (χ1n) is 8.63. The van der Waals surface area contributed by atoms with Crippen molar-refractivity contribution in [2.75, 3.05) is 46.6 Å². The molecule has 0 aromatic heterocycles. The summed E-state index contributed by atoms with van der Waals surface area (Å²) in [5.41, 5.74) is 0.304. The molecule has 4 heteroatoms. The molecular formula is C17H36N2O2. The average molecular weight is 300 g/mol. The second-order valence-corrected chi connectivity index (χ2v) is 6.69. The Morgan fingerprint density at radius 2 is 1.90 bits per heavy atom. The van der Waals surface area contributed by atoms with Crippen LogP contribution in [0.5, 0.6) is 0 Å². The first kappa shape index (κ1) is 18.9. The van der Waals surface area contributed by atoms with E-state index in [1.165, 1.54) is 19.3 Å². The minimum Gasteiger partial charge on any atom is -0.382 e. The van der Waals surface area contributed by atoms with Crippen molar-refractivity contribution in [3.05, 3.63) is 0 Å². The van der Waals surface area contributed by atoms with Gasteiger partial charge in [0.2, 0.25) is 0 Å². The van der Waals surface area contributed by atoms with Gasteiger partial charge in [0.15, 0.2) is 0 Å². The number of hydrogen-bond acceptors (Lipinski definition) is 4. The Labute approximate surface area is 131 Å². The van der Waals surface area contributed by atoms with E-state index >= 15 is 0 Å². The number of nitrogens with one attached hydrogen (secondary N) is 1. The lowest BCUT2D eigenvalue weighted by Crippen LogP contribution is -2.64. The topological polar surface area (TPSA) is 33.7 Å². The fraction of sp³-hybridized carbons (Fsp3) is 1.00. The molecule has 21 heavy (non-hydrogen) atoms. The molecule has 1 atom stereocenters. The summed E-state index contributed by atoms with van der Waals surface area (Å²) in [6.45, 7) is 14.7. The first-order chi connectivity index (χ1) is 10.1. The van der Waals surface area contributed by atoms with Gasteiger partial charge in [-0.1, -0.05) is 27.7 Å². The third-order valence-corrected chi connectivity index (χ3v) is 4.84. The van der Waals surface area contributed by atoms with E-state index in [-0.39, 0.29) is 0 Å². The molecule has 1 fully saturated rings.